The Labute approximate surface area is 300 Å². The van der Waals surface area contributed by atoms with Gasteiger partial charge in [-0.1, -0.05) is 50.2 Å². The molecule has 0 amide bonds. The lowest BCUT2D eigenvalue weighted by Crippen LogP contribution is -2.36. The van der Waals surface area contributed by atoms with Gasteiger partial charge in [-0.3, -0.25) is 44.9 Å². The summed E-state index contributed by atoms with van der Waals surface area (Å²) in [6, 6.07) is 20.1. The molecule has 0 radical (unpaired) electrons. The minimum absolute atomic E-state index is 0.0121. The van der Waals surface area contributed by atoms with Crippen molar-refractivity contribution in [3.63, 3.8) is 0 Å². The van der Waals surface area contributed by atoms with E-state index in [4.69, 9.17) is 4.74 Å². The maximum absolute atomic E-state index is 11.7. The lowest BCUT2D eigenvalue weighted by Gasteiger charge is -2.30. The Kier molecular flexibility index (Phi) is 19.0. The summed E-state index contributed by atoms with van der Waals surface area (Å²) in [7, 11) is 3.92. The van der Waals surface area contributed by atoms with E-state index in [-0.39, 0.29) is 38.8 Å². The number of nitrogens with zero attached hydrogens (tertiary/aromatic N) is 6. The van der Waals surface area contributed by atoms with Gasteiger partial charge in [-0.05, 0) is 89.6 Å². The first kappa shape index (κ1) is 42.4. The molecule has 14 nitrogen and oxygen atoms in total. The second-order valence-corrected chi connectivity index (χ2v) is 12.6. The van der Waals surface area contributed by atoms with Gasteiger partial charge in [0.1, 0.15) is 0 Å². The van der Waals surface area contributed by atoms with E-state index in [2.05, 4.69) is 23.6 Å². The van der Waals surface area contributed by atoms with Gasteiger partial charge >= 0.3 is 5.97 Å². The lowest BCUT2D eigenvalue weighted by atomic mass is 9.96. The Morgan fingerprint density at radius 1 is 0.686 bits per heavy atom. The molecule has 3 aromatic carbocycles. The molecule has 0 atom stereocenters. The van der Waals surface area contributed by atoms with Crippen molar-refractivity contribution in [2.24, 2.45) is 5.92 Å². The fourth-order valence-electron chi connectivity index (χ4n) is 5.54. The van der Waals surface area contributed by atoms with E-state index in [0.717, 1.165) is 88.2 Å². The van der Waals surface area contributed by atoms with Gasteiger partial charge in [-0.25, -0.2) is 0 Å². The van der Waals surface area contributed by atoms with Gasteiger partial charge in [0, 0.05) is 56.0 Å². The Hall–Kier alpha value is -4.79. The molecular formula is C37H52N6O8. The number of piperidine rings is 1. The van der Waals surface area contributed by atoms with Crippen LogP contribution in [-0.4, -0.2) is 82.3 Å². The highest BCUT2D eigenvalue weighted by molar-refractivity contribution is 5.72. The van der Waals surface area contributed by atoms with Gasteiger partial charge in [0.2, 0.25) is 0 Å². The topological polar surface area (TPSA) is 165 Å². The van der Waals surface area contributed by atoms with Crippen LogP contribution in [0.2, 0.25) is 0 Å². The number of non-ortho nitro benzene ring substituents is 3. The third-order valence-corrected chi connectivity index (χ3v) is 8.04. The van der Waals surface area contributed by atoms with Gasteiger partial charge in [-0.15, -0.1) is 0 Å². The fourth-order valence-corrected chi connectivity index (χ4v) is 5.54. The quantitative estimate of drug-likeness (QED) is 0.0887. The summed E-state index contributed by atoms with van der Waals surface area (Å²) in [5, 5.41) is 31.5. The van der Waals surface area contributed by atoms with E-state index in [0.29, 0.717) is 6.61 Å². The highest BCUT2D eigenvalue weighted by Crippen LogP contribution is 2.21. The molecule has 1 aliphatic heterocycles. The Morgan fingerprint density at radius 2 is 1.08 bits per heavy atom. The maximum Gasteiger partial charge on any atom is 0.309 e. The van der Waals surface area contributed by atoms with Crippen LogP contribution in [0, 0.1) is 36.3 Å². The number of esters is 1. The normalized spacial score (nSPS) is 13.1. The number of carbonyl (C=O) groups excluding carboxylic acids is 1. The maximum atomic E-state index is 11.7. The van der Waals surface area contributed by atoms with Crippen LogP contribution < -0.4 is 0 Å². The third-order valence-electron chi connectivity index (χ3n) is 8.04. The zero-order valence-electron chi connectivity index (χ0n) is 30.4. The van der Waals surface area contributed by atoms with Gasteiger partial charge in [0.05, 0.1) is 27.3 Å². The first-order valence-corrected chi connectivity index (χ1v) is 17.3. The second kappa shape index (κ2) is 22.8. The molecule has 0 aromatic heterocycles. The van der Waals surface area contributed by atoms with Crippen molar-refractivity contribution in [2.45, 2.75) is 66.1 Å². The van der Waals surface area contributed by atoms with Crippen molar-refractivity contribution in [3.05, 3.63) is 120 Å². The highest BCUT2D eigenvalue weighted by Gasteiger charge is 2.26. The summed E-state index contributed by atoms with van der Waals surface area (Å²) in [5.41, 5.74) is 3.68. The van der Waals surface area contributed by atoms with Crippen LogP contribution in [0.3, 0.4) is 0 Å². The number of nitro groups is 3. The Bertz CT molecular complexity index is 1490. The summed E-state index contributed by atoms with van der Waals surface area (Å²) in [6.07, 6.45) is 3.89. The second-order valence-electron chi connectivity index (χ2n) is 12.6. The van der Waals surface area contributed by atoms with Gasteiger partial charge in [0.25, 0.3) is 17.1 Å². The Balaban J connectivity index is 0.000000273. The molecular weight excluding hydrogens is 656 g/mol. The molecule has 3 aromatic rings. The van der Waals surface area contributed by atoms with Crippen LogP contribution >= 0.6 is 0 Å². The van der Waals surface area contributed by atoms with Crippen molar-refractivity contribution in [2.75, 3.05) is 46.9 Å². The number of rotatable bonds is 15. The summed E-state index contributed by atoms with van der Waals surface area (Å²) < 4.78 is 5.05. The minimum Gasteiger partial charge on any atom is -0.466 e. The molecule has 1 saturated heterocycles. The number of hydrogen-bond donors (Lipinski definition) is 0. The van der Waals surface area contributed by atoms with E-state index in [1.807, 2.05) is 38.1 Å². The summed E-state index contributed by atoms with van der Waals surface area (Å²) in [5.74, 6) is -0.0782. The molecule has 0 spiro atoms. The predicted molar refractivity (Wildman–Crippen MR) is 197 cm³/mol. The molecule has 1 aliphatic rings. The van der Waals surface area contributed by atoms with Crippen LogP contribution in [-0.2, 0) is 29.2 Å². The first-order chi connectivity index (χ1) is 24.4. The largest absolute Gasteiger partial charge is 0.466 e. The van der Waals surface area contributed by atoms with Gasteiger partial charge < -0.3 is 9.64 Å². The molecule has 0 N–H and O–H groups in total. The monoisotopic (exact) mass is 708 g/mol. The molecule has 0 saturated carbocycles. The predicted octanol–water partition coefficient (Wildman–Crippen LogP) is 7.24. The van der Waals surface area contributed by atoms with Crippen LogP contribution in [0.15, 0.2) is 72.8 Å². The SMILES string of the molecule is CCCN(CCC)Cc1ccc([N+](=O)[O-])cc1.CCOC(=O)C1CCN(Cc2ccc([N+](=O)[O-])cc2)CC1.CN(C)Cc1ccc([N+](=O)[O-])cc1. The summed E-state index contributed by atoms with van der Waals surface area (Å²) in [4.78, 5) is 48.6. The van der Waals surface area contributed by atoms with E-state index in [1.165, 1.54) is 24.3 Å². The fraction of sp³-hybridized carbons (Fsp3) is 0.486. The average Bonchev–Trinajstić information content (AvgIpc) is 3.10. The van der Waals surface area contributed by atoms with Crippen molar-refractivity contribution in [1.82, 2.24) is 14.7 Å². The van der Waals surface area contributed by atoms with E-state index in [1.54, 1.807) is 36.4 Å². The van der Waals surface area contributed by atoms with Crippen molar-refractivity contribution in [1.29, 1.82) is 0 Å². The van der Waals surface area contributed by atoms with Crippen LogP contribution in [0.5, 0.6) is 0 Å². The number of likely N-dealkylation sites (tertiary alicyclic amines) is 1. The Morgan fingerprint density at radius 3 is 1.43 bits per heavy atom. The zero-order valence-corrected chi connectivity index (χ0v) is 30.4. The molecule has 14 heteroatoms. The molecule has 1 fully saturated rings. The van der Waals surface area contributed by atoms with Crippen LogP contribution in [0.25, 0.3) is 0 Å². The molecule has 51 heavy (non-hydrogen) atoms. The van der Waals surface area contributed by atoms with Crippen molar-refractivity contribution < 1.29 is 24.3 Å². The van der Waals surface area contributed by atoms with Crippen LogP contribution in [0.4, 0.5) is 17.1 Å². The molecule has 278 valence electrons. The van der Waals surface area contributed by atoms with Gasteiger partial charge in [0.15, 0.2) is 0 Å². The lowest BCUT2D eigenvalue weighted by molar-refractivity contribution is -0.385. The van der Waals surface area contributed by atoms with E-state index >= 15 is 0 Å². The smallest absolute Gasteiger partial charge is 0.309 e. The zero-order chi connectivity index (χ0) is 37.8. The molecule has 0 aliphatic carbocycles. The minimum atomic E-state index is -0.394. The number of carbonyl (C=O) groups is 1. The number of nitro benzene ring substituents is 3. The first-order valence-electron chi connectivity index (χ1n) is 17.3. The number of ether oxygens (including phenoxy) is 1. The summed E-state index contributed by atoms with van der Waals surface area (Å²) in [6.45, 7) is 12.9. The summed E-state index contributed by atoms with van der Waals surface area (Å²) >= 11 is 0. The average molecular weight is 709 g/mol. The number of hydrogen-bond acceptors (Lipinski definition) is 11. The van der Waals surface area contributed by atoms with E-state index in [9.17, 15) is 35.1 Å². The standard InChI is InChI=1S/C15H20N2O4.C13H20N2O2.C9H12N2O2/c1-2-21-15(18)13-7-9-16(10-8-13)11-12-3-5-14(6-4-12)17(19)20;1-3-9-14(10-4-2)11-12-5-7-13(8-6-12)15(16)17;1-10(2)7-8-3-5-9(6-4-8)11(12)13/h3-6,13H,2,7-11H2,1H3;5-8H,3-4,9-11H2,1-2H3;3-6H,7H2,1-2H3. The van der Waals surface area contributed by atoms with Crippen molar-refractivity contribution >= 4 is 23.0 Å². The highest BCUT2D eigenvalue weighted by atomic mass is 16.6. The molecule has 0 bridgehead atoms. The van der Waals surface area contributed by atoms with E-state index < -0.39 is 4.92 Å². The van der Waals surface area contributed by atoms with Crippen LogP contribution in [0.1, 0.15) is 63.1 Å². The number of benzene rings is 3. The van der Waals surface area contributed by atoms with Gasteiger partial charge in [-0.2, -0.15) is 0 Å². The third kappa shape index (κ3) is 16.2. The molecule has 0 unspecified atom stereocenters. The molecule has 1 heterocycles. The van der Waals surface area contributed by atoms with Crippen molar-refractivity contribution in [3.8, 4) is 0 Å². The molecule has 4 rings (SSSR count).